The smallest absolute Gasteiger partial charge is 0.425 e. The third-order valence-corrected chi connectivity index (χ3v) is 3.92. The molecule has 0 saturated heterocycles. The summed E-state index contributed by atoms with van der Waals surface area (Å²) in [5, 5.41) is -1.34. The molecule has 2 aromatic rings. The van der Waals surface area contributed by atoms with E-state index in [0.717, 1.165) is 0 Å². The summed E-state index contributed by atoms with van der Waals surface area (Å²) in [4.78, 5) is 11.3. The Balaban J connectivity index is 2.25. The molecular formula is C13H4F6O3S. The molecule has 0 aliphatic carbocycles. The van der Waals surface area contributed by atoms with Gasteiger partial charge in [-0.25, -0.2) is 4.79 Å². The minimum absolute atomic E-state index is 0.00123. The third-order valence-electron chi connectivity index (χ3n) is 2.89. The fourth-order valence-electron chi connectivity index (χ4n) is 1.99. The molecular weight excluding hydrogens is 350 g/mol. The number of allylic oxidation sites excluding steroid dienone is 1. The highest BCUT2D eigenvalue weighted by molar-refractivity contribution is 8.03. The molecule has 122 valence electrons. The number of hydrogen-bond donors (Lipinski definition) is 0. The molecule has 0 spiro atoms. The minimum Gasteiger partial charge on any atom is -0.447 e. The van der Waals surface area contributed by atoms with Crippen molar-refractivity contribution in [1.82, 2.24) is 0 Å². The maximum absolute atomic E-state index is 12.7. The lowest BCUT2D eigenvalue weighted by Crippen LogP contribution is -2.28. The number of alkyl halides is 6. The topological polar surface area (TPSA) is 39.4 Å². The van der Waals surface area contributed by atoms with Gasteiger partial charge in [-0.05, 0) is 23.9 Å². The number of ether oxygens (including phenoxy) is 1. The van der Waals surface area contributed by atoms with Crippen LogP contribution < -0.4 is 10.4 Å². The second-order valence-electron chi connectivity index (χ2n) is 4.41. The SMILES string of the molecule is O=c1oc2ccccc2c2c1SC(=C(C(F)(F)F)C(F)(F)F)O2. The first-order valence-electron chi connectivity index (χ1n) is 5.89. The molecule has 1 aromatic carbocycles. The van der Waals surface area contributed by atoms with Crippen LogP contribution in [0.3, 0.4) is 0 Å². The Bertz CT molecular complexity index is 862. The number of fused-ring (bicyclic) bond motifs is 3. The summed E-state index contributed by atoms with van der Waals surface area (Å²) in [6, 6.07) is 5.68. The summed E-state index contributed by atoms with van der Waals surface area (Å²) in [5.41, 5.74) is -3.87. The summed E-state index contributed by atoms with van der Waals surface area (Å²) in [6.07, 6.45) is -11.4. The summed E-state index contributed by atoms with van der Waals surface area (Å²) >= 11 is -0.0494. The highest BCUT2D eigenvalue weighted by Crippen LogP contribution is 2.51. The van der Waals surface area contributed by atoms with Gasteiger partial charge in [0.2, 0.25) is 0 Å². The molecule has 1 aliphatic rings. The first kappa shape index (κ1) is 15.8. The van der Waals surface area contributed by atoms with E-state index in [1.54, 1.807) is 0 Å². The van der Waals surface area contributed by atoms with E-state index >= 15 is 0 Å². The molecule has 0 unspecified atom stereocenters. The van der Waals surface area contributed by atoms with E-state index in [1.807, 2.05) is 0 Å². The van der Waals surface area contributed by atoms with Gasteiger partial charge in [0.15, 0.2) is 16.4 Å². The Morgan fingerprint density at radius 1 is 1.00 bits per heavy atom. The van der Waals surface area contributed by atoms with Gasteiger partial charge in [-0.2, -0.15) is 26.3 Å². The highest BCUT2D eigenvalue weighted by Gasteiger charge is 2.55. The predicted molar refractivity (Wildman–Crippen MR) is 68.1 cm³/mol. The molecule has 10 heteroatoms. The zero-order valence-corrected chi connectivity index (χ0v) is 11.5. The molecule has 1 aliphatic heterocycles. The van der Waals surface area contributed by atoms with E-state index in [4.69, 9.17) is 9.15 Å². The number of para-hydroxylation sites is 1. The van der Waals surface area contributed by atoms with Crippen molar-refractivity contribution in [3.8, 4) is 5.75 Å². The van der Waals surface area contributed by atoms with E-state index in [9.17, 15) is 31.1 Å². The van der Waals surface area contributed by atoms with Crippen LogP contribution in [0.15, 0.2) is 49.0 Å². The quantitative estimate of drug-likeness (QED) is 0.512. The van der Waals surface area contributed by atoms with Gasteiger partial charge >= 0.3 is 18.0 Å². The van der Waals surface area contributed by atoms with Gasteiger partial charge in [0.05, 0.1) is 5.39 Å². The molecule has 0 fully saturated rings. The van der Waals surface area contributed by atoms with Gasteiger partial charge < -0.3 is 9.15 Å². The maximum atomic E-state index is 12.7. The van der Waals surface area contributed by atoms with Gasteiger partial charge in [-0.1, -0.05) is 12.1 Å². The Morgan fingerprint density at radius 3 is 2.22 bits per heavy atom. The van der Waals surface area contributed by atoms with Crippen molar-refractivity contribution in [1.29, 1.82) is 0 Å². The summed E-state index contributed by atoms with van der Waals surface area (Å²) in [7, 11) is 0. The first-order valence-corrected chi connectivity index (χ1v) is 6.71. The van der Waals surface area contributed by atoms with Crippen molar-refractivity contribution in [2.75, 3.05) is 0 Å². The van der Waals surface area contributed by atoms with Crippen LogP contribution in [0.1, 0.15) is 0 Å². The Kier molecular flexibility index (Phi) is 3.40. The second-order valence-corrected chi connectivity index (χ2v) is 5.39. The van der Waals surface area contributed by atoms with Crippen LogP contribution in [0.25, 0.3) is 11.0 Å². The largest absolute Gasteiger partial charge is 0.447 e. The summed E-state index contributed by atoms with van der Waals surface area (Å²) < 4.78 is 86.0. The van der Waals surface area contributed by atoms with Gasteiger partial charge in [-0.3, -0.25) is 0 Å². The van der Waals surface area contributed by atoms with Crippen molar-refractivity contribution in [3.05, 3.63) is 45.3 Å². The standard InChI is InChI=1S/C13H4F6O3S/c14-12(15,16)9(13(17,18)19)11-22-7-5-3-1-2-4-6(5)21-10(20)8(7)23-11/h1-4H. The molecule has 0 N–H and O–H groups in total. The number of benzene rings is 1. The predicted octanol–water partition coefficient (Wildman–Crippen LogP) is 4.61. The Labute approximate surface area is 127 Å². The van der Waals surface area contributed by atoms with E-state index in [1.165, 1.54) is 24.3 Å². The number of halogens is 6. The van der Waals surface area contributed by atoms with Crippen LogP contribution in [0.2, 0.25) is 0 Å². The Hall–Kier alpha value is -2.10. The van der Waals surface area contributed by atoms with Crippen molar-refractivity contribution < 1.29 is 35.5 Å². The normalized spacial score (nSPS) is 14.8. The van der Waals surface area contributed by atoms with Gasteiger partial charge in [0.1, 0.15) is 10.5 Å². The van der Waals surface area contributed by atoms with E-state index < -0.39 is 33.5 Å². The van der Waals surface area contributed by atoms with Crippen LogP contribution in [0.4, 0.5) is 26.3 Å². The van der Waals surface area contributed by atoms with Crippen molar-refractivity contribution in [2.45, 2.75) is 17.2 Å². The minimum atomic E-state index is -5.68. The lowest BCUT2D eigenvalue weighted by molar-refractivity contribution is -0.174. The number of rotatable bonds is 0. The molecule has 1 aromatic heterocycles. The first-order chi connectivity index (χ1) is 10.6. The fourth-order valence-corrected chi connectivity index (χ4v) is 3.01. The van der Waals surface area contributed by atoms with Gasteiger partial charge in [0.25, 0.3) is 0 Å². The molecule has 3 nitrogen and oxygen atoms in total. The average Bonchev–Trinajstić information content (AvgIpc) is 2.80. The lowest BCUT2D eigenvalue weighted by Gasteiger charge is -2.16. The average molecular weight is 354 g/mol. The third kappa shape index (κ3) is 2.67. The van der Waals surface area contributed by atoms with Crippen LogP contribution in [0, 0.1) is 0 Å². The van der Waals surface area contributed by atoms with Crippen molar-refractivity contribution in [3.63, 3.8) is 0 Å². The zero-order chi connectivity index (χ0) is 17.0. The molecule has 0 atom stereocenters. The van der Waals surface area contributed by atoms with Crippen LogP contribution in [-0.2, 0) is 0 Å². The fraction of sp³-hybridized carbons (Fsp3) is 0.154. The van der Waals surface area contributed by atoms with Crippen molar-refractivity contribution in [2.24, 2.45) is 0 Å². The van der Waals surface area contributed by atoms with Gasteiger partial charge in [-0.15, -0.1) is 0 Å². The molecule has 0 bridgehead atoms. The second kappa shape index (κ2) is 4.95. The molecule has 0 amide bonds. The summed E-state index contributed by atoms with van der Waals surface area (Å²) in [5.74, 6) is -0.372. The van der Waals surface area contributed by atoms with E-state index in [0.29, 0.717) is 0 Å². The number of hydrogen-bond acceptors (Lipinski definition) is 4. The molecule has 0 saturated carbocycles. The molecule has 23 heavy (non-hydrogen) atoms. The van der Waals surface area contributed by atoms with E-state index in [-0.39, 0.29) is 28.5 Å². The van der Waals surface area contributed by atoms with Crippen molar-refractivity contribution >= 4 is 22.7 Å². The molecule has 3 rings (SSSR count). The summed E-state index contributed by atoms with van der Waals surface area (Å²) in [6.45, 7) is 0. The zero-order valence-electron chi connectivity index (χ0n) is 10.7. The number of thioether (sulfide) groups is 1. The molecule has 2 heterocycles. The monoisotopic (exact) mass is 354 g/mol. The highest BCUT2D eigenvalue weighted by atomic mass is 32.2. The van der Waals surface area contributed by atoms with Crippen LogP contribution in [-0.4, -0.2) is 12.4 Å². The van der Waals surface area contributed by atoms with Gasteiger partial charge in [0, 0.05) is 0 Å². The van der Waals surface area contributed by atoms with Crippen LogP contribution >= 0.6 is 11.8 Å². The Morgan fingerprint density at radius 2 is 1.61 bits per heavy atom. The lowest BCUT2D eigenvalue weighted by atomic mass is 10.2. The van der Waals surface area contributed by atoms with Crippen LogP contribution in [0.5, 0.6) is 5.75 Å². The molecule has 0 radical (unpaired) electrons. The maximum Gasteiger partial charge on any atom is 0.425 e. The van der Waals surface area contributed by atoms with E-state index in [2.05, 4.69) is 0 Å².